The quantitative estimate of drug-likeness (QED) is 0.504. The maximum atomic E-state index is 13.3. The van der Waals surface area contributed by atoms with Gasteiger partial charge in [0.05, 0.1) is 16.6 Å². The highest BCUT2D eigenvalue weighted by molar-refractivity contribution is 6.30. The Hall–Kier alpha value is -3.59. The zero-order valence-corrected chi connectivity index (χ0v) is 14.7. The van der Waals surface area contributed by atoms with E-state index in [1.54, 1.807) is 31.3 Å². The predicted molar refractivity (Wildman–Crippen MR) is 99.0 cm³/mol. The lowest BCUT2D eigenvalue weighted by molar-refractivity contribution is 0.895. The van der Waals surface area contributed by atoms with Crippen LogP contribution in [0.5, 0.6) is 0 Å². The molecular formula is C17H11ClN8O. The maximum Gasteiger partial charge on any atom is 0.269 e. The van der Waals surface area contributed by atoms with Gasteiger partial charge in [-0.1, -0.05) is 23.7 Å². The van der Waals surface area contributed by atoms with Crippen LogP contribution in [0.3, 0.4) is 0 Å². The Morgan fingerprint density at radius 3 is 2.85 bits per heavy atom. The van der Waals surface area contributed by atoms with Gasteiger partial charge in [-0.15, -0.1) is 5.10 Å². The fourth-order valence-electron chi connectivity index (χ4n) is 3.02. The molecule has 0 saturated heterocycles. The third-order valence-corrected chi connectivity index (χ3v) is 4.40. The van der Waals surface area contributed by atoms with Gasteiger partial charge < -0.3 is 0 Å². The van der Waals surface area contributed by atoms with Crippen LogP contribution in [0.2, 0.25) is 5.02 Å². The van der Waals surface area contributed by atoms with Gasteiger partial charge in [0.25, 0.3) is 17.3 Å². The summed E-state index contributed by atoms with van der Waals surface area (Å²) in [4.78, 5) is 26.2. The van der Waals surface area contributed by atoms with Gasteiger partial charge in [-0.2, -0.15) is 19.6 Å². The number of rotatable bonds is 2. The summed E-state index contributed by atoms with van der Waals surface area (Å²) in [5.74, 6) is 1.26. The molecule has 27 heavy (non-hydrogen) atoms. The monoisotopic (exact) mass is 378 g/mol. The number of halogens is 1. The van der Waals surface area contributed by atoms with Gasteiger partial charge in [-0.05, 0) is 25.1 Å². The minimum Gasteiger partial charge on any atom is -0.268 e. The van der Waals surface area contributed by atoms with E-state index in [-0.39, 0.29) is 11.5 Å². The van der Waals surface area contributed by atoms with Gasteiger partial charge in [0.2, 0.25) is 0 Å². The van der Waals surface area contributed by atoms with E-state index in [2.05, 4.69) is 30.2 Å². The number of hydrogen-bond donors (Lipinski definition) is 1. The molecule has 0 radical (unpaired) electrons. The number of H-pyrrole nitrogens is 1. The number of aromatic amines is 1. The molecule has 4 heterocycles. The third kappa shape index (κ3) is 2.40. The van der Waals surface area contributed by atoms with E-state index in [9.17, 15) is 4.79 Å². The van der Waals surface area contributed by atoms with Crippen molar-refractivity contribution in [2.75, 3.05) is 0 Å². The summed E-state index contributed by atoms with van der Waals surface area (Å²) in [7, 11) is 0. The largest absolute Gasteiger partial charge is 0.269 e. The highest BCUT2D eigenvalue weighted by atomic mass is 35.5. The van der Waals surface area contributed by atoms with Crippen molar-refractivity contribution in [1.82, 2.24) is 39.3 Å². The van der Waals surface area contributed by atoms with Crippen molar-refractivity contribution in [1.29, 1.82) is 0 Å². The van der Waals surface area contributed by atoms with E-state index in [1.165, 1.54) is 15.4 Å². The maximum absolute atomic E-state index is 13.3. The normalized spacial score (nSPS) is 11.5. The Morgan fingerprint density at radius 1 is 1.19 bits per heavy atom. The minimum absolute atomic E-state index is 0.259. The summed E-state index contributed by atoms with van der Waals surface area (Å²) < 4.78 is 2.90. The lowest BCUT2D eigenvalue weighted by Crippen LogP contribution is -2.21. The zero-order chi connectivity index (χ0) is 18.5. The van der Waals surface area contributed by atoms with E-state index >= 15 is 0 Å². The molecule has 1 aromatic carbocycles. The van der Waals surface area contributed by atoms with Crippen LogP contribution in [-0.2, 0) is 0 Å². The van der Waals surface area contributed by atoms with Gasteiger partial charge in [0.1, 0.15) is 12.2 Å². The molecule has 0 atom stereocenters. The number of nitrogens with one attached hydrogen (secondary N) is 1. The average molecular weight is 379 g/mol. The van der Waals surface area contributed by atoms with E-state index in [0.717, 1.165) is 5.56 Å². The lowest BCUT2D eigenvalue weighted by atomic mass is 10.1. The van der Waals surface area contributed by atoms with Gasteiger partial charge >= 0.3 is 0 Å². The molecule has 0 unspecified atom stereocenters. The summed E-state index contributed by atoms with van der Waals surface area (Å²) in [6, 6.07) is 8.93. The molecule has 5 rings (SSSR count). The SMILES string of the molecule is Cc1nc(-n2ccc3nc4ncnn4c(-c4cccc(Cl)c4)c3c2=O)n[nH]1. The van der Waals surface area contributed by atoms with Crippen LogP contribution in [-0.4, -0.2) is 39.3 Å². The van der Waals surface area contributed by atoms with Crippen molar-refractivity contribution in [2.45, 2.75) is 6.92 Å². The second-order valence-corrected chi connectivity index (χ2v) is 6.35. The van der Waals surface area contributed by atoms with Gasteiger partial charge in [0.15, 0.2) is 0 Å². The van der Waals surface area contributed by atoms with Crippen molar-refractivity contribution in [3.63, 3.8) is 0 Å². The molecule has 5 aromatic rings. The second kappa shape index (κ2) is 5.71. The van der Waals surface area contributed by atoms with Crippen molar-refractivity contribution in [3.05, 3.63) is 64.1 Å². The Morgan fingerprint density at radius 2 is 2.07 bits per heavy atom. The number of fused-ring (bicyclic) bond motifs is 2. The molecule has 10 heteroatoms. The Bertz CT molecular complexity index is 1380. The third-order valence-electron chi connectivity index (χ3n) is 4.17. The van der Waals surface area contributed by atoms with Crippen molar-refractivity contribution in [2.24, 2.45) is 0 Å². The van der Waals surface area contributed by atoms with Gasteiger partial charge in [-0.3, -0.25) is 9.89 Å². The van der Waals surface area contributed by atoms with Crippen LogP contribution in [0.25, 0.3) is 33.9 Å². The first-order chi connectivity index (χ1) is 13.1. The molecule has 0 amide bonds. The topological polar surface area (TPSA) is 107 Å². The lowest BCUT2D eigenvalue weighted by Gasteiger charge is -2.10. The van der Waals surface area contributed by atoms with Gasteiger partial charge in [0, 0.05) is 16.8 Å². The first-order valence-corrected chi connectivity index (χ1v) is 8.40. The molecule has 9 nitrogen and oxygen atoms in total. The number of aromatic nitrogens is 8. The summed E-state index contributed by atoms with van der Waals surface area (Å²) in [5, 5.41) is 12.0. The standard InChI is InChI=1S/C17H11ClN8O/c1-9-21-17(24-23-9)25-6-5-12-13(15(25)27)14(10-3-2-4-11(18)7-10)26-16(22-12)19-8-20-26/h2-8H,1H3,(H,21,23,24). The molecule has 0 fully saturated rings. The van der Waals surface area contributed by atoms with Crippen LogP contribution >= 0.6 is 11.6 Å². The Balaban J connectivity index is 1.94. The fourth-order valence-corrected chi connectivity index (χ4v) is 3.21. The van der Waals surface area contributed by atoms with Crippen molar-refractivity contribution >= 4 is 28.3 Å². The fraction of sp³-hybridized carbons (Fsp3) is 0.0588. The molecule has 0 aliphatic rings. The molecule has 0 bridgehead atoms. The van der Waals surface area contributed by atoms with Crippen molar-refractivity contribution in [3.8, 4) is 17.2 Å². The average Bonchev–Trinajstić information content (AvgIpc) is 3.29. The summed E-state index contributed by atoms with van der Waals surface area (Å²) in [6.45, 7) is 1.76. The smallest absolute Gasteiger partial charge is 0.268 e. The second-order valence-electron chi connectivity index (χ2n) is 5.91. The Labute approximate surface area is 156 Å². The highest BCUT2D eigenvalue weighted by Crippen LogP contribution is 2.27. The number of hydrogen-bond acceptors (Lipinski definition) is 6. The van der Waals surface area contributed by atoms with E-state index in [4.69, 9.17) is 11.6 Å². The van der Waals surface area contributed by atoms with E-state index in [1.807, 2.05) is 12.1 Å². The minimum atomic E-state index is -0.314. The number of nitrogens with zero attached hydrogens (tertiary/aromatic N) is 7. The van der Waals surface area contributed by atoms with E-state index in [0.29, 0.717) is 33.2 Å². The predicted octanol–water partition coefficient (Wildman–Crippen LogP) is 2.18. The van der Waals surface area contributed by atoms with Crippen LogP contribution < -0.4 is 5.56 Å². The van der Waals surface area contributed by atoms with Crippen LogP contribution in [0, 0.1) is 6.92 Å². The molecule has 4 aromatic heterocycles. The molecular weight excluding hydrogens is 368 g/mol. The van der Waals surface area contributed by atoms with Gasteiger partial charge in [-0.25, -0.2) is 9.55 Å². The highest BCUT2D eigenvalue weighted by Gasteiger charge is 2.18. The molecule has 0 aliphatic heterocycles. The Kier molecular flexibility index (Phi) is 3.31. The van der Waals surface area contributed by atoms with Crippen LogP contribution in [0.15, 0.2) is 47.7 Å². The van der Waals surface area contributed by atoms with Crippen LogP contribution in [0.1, 0.15) is 5.82 Å². The molecule has 0 spiro atoms. The first-order valence-electron chi connectivity index (χ1n) is 8.02. The summed E-state index contributed by atoms with van der Waals surface area (Å²) in [6.07, 6.45) is 2.99. The summed E-state index contributed by atoms with van der Waals surface area (Å²) in [5.41, 5.74) is 1.47. The van der Waals surface area contributed by atoms with E-state index < -0.39 is 0 Å². The van der Waals surface area contributed by atoms with Crippen molar-refractivity contribution < 1.29 is 0 Å². The number of benzene rings is 1. The first kappa shape index (κ1) is 15.6. The molecule has 1 N–H and O–H groups in total. The zero-order valence-electron chi connectivity index (χ0n) is 14.0. The molecule has 132 valence electrons. The molecule has 0 saturated carbocycles. The number of pyridine rings is 1. The van der Waals surface area contributed by atoms with Crippen LogP contribution in [0.4, 0.5) is 0 Å². The molecule has 0 aliphatic carbocycles. The number of aryl methyl sites for hydroxylation is 1. The summed E-state index contributed by atoms with van der Waals surface area (Å²) >= 11 is 6.17.